The molecule has 78 valence electrons. The van der Waals surface area contributed by atoms with Gasteiger partial charge in [0.2, 0.25) is 0 Å². The minimum Gasteiger partial charge on any atom is -0.320 e. The van der Waals surface area contributed by atoms with Crippen molar-refractivity contribution in [1.82, 2.24) is 15.4 Å². The SMILES string of the molecule is NC1C(c2ccnnn2)=Cc2ccccc21. The third-order valence-electron chi connectivity index (χ3n) is 2.78. The molecule has 1 atom stereocenters. The molecule has 0 saturated heterocycles. The molecule has 0 radical (unpaired) electrons. The van der Waals surface area contributed by atoms with Gasteiger partial charge in [0.15, 0.2) is 0 Å². The van der Waals surface area contributed by atoms with Gasteiger partial charge < -0.3 is 5.73 Å². The molecule has 0 aliphatic heterocycles. The predicted molar refractivity (Wildman–Crippen MR) is 61.1 cm³/mol. The molecule has 0 saturated carbocycles. The van der Waals surface area contributed by atoms with E-state index in [4.69, 9.17) is 5.73 Å². The highest BCUT2D eigenvalue weighted by Crippen LogP contribution is 2.37. The van der Waals surface area contributed by atoms with E-state index in [1.165, 1.54) is 0 Å². The van der Waals surface area contributed by atoms with Crippen molar-refractivity contribution in [3.63, 3.8) is 0 Å². The first-order chi connectivity index (χ1) is 7.86. The van der Waals surface area contributed by atoms with Crippen molar-refractivity contribution < 1.29 is 0 Å². The zero-order chi connectivity index (χ0) is 11.0. The molecule has 16 heavy (non-hydrogen) atoms. The summed E-state index contributed by atoms with van der Waals surface area (Å²) in [5.74, 6) is 0. The van der Waals surface area contributed by atoms with Crippen LogP contribution in [0.1, 0.15) is 22.9 Å². The molecule has 4 heteroatoms. The normalized spacial score (nSPS) is 18.1. The van der Waals surface area contributed by atoms with Gasteiger partial charge >= 0.3 is 0 Å². The number of fused-ring (bicyclic) bond motifs is 1. The van der Waals surface area contributed by atoms with E-state index in [9.17, 15) is 0 Å². The fourth-order valence-electron chi connectivity index (χ4n) is 1.98. The Labute approximate surface area is 92.8 Å². The van der Waals surface area contributed by atoms with Crippen molar-refractivity contribution in [3.05, 3.63) is 53.3 Å². The Kier molecular flexibility index (Phi) is 2.01. The molecule has 2 aromatic rings. The lowest BCUT2D eigenvalue weighted by Gasteiger charge is -2.09. The summed E-state index contributed by atoms with van der Waals surface area (Å²) in [5, 5.41) is 11.3. The summed E-state index contributed by atoms with van der Waals surface area (Å²) < 4.78 is 0. The number of aromatic nitrogens is 3. The van der Waals surface area contributed by atoms with Crippen molar-refractivity contribution in [2.24, 2.45) is 5.73 Å². The Bertz CT molecular complexity index is 548. The average molecular weight is 210 g/mol. The summed E-state index contributed by atoms with van der Waals surface area (Å²) >= 11 is 0. The molecule has 1 unspecified atom stereocenters. The highest BCUT2D eigenvalue weighted by Gasteiger charge is 2.23. The lowest BCUT2D eigenvalue weighted by molar-refractivity contribution is 0.839. The summed E-state index contributed by atoms with van der Waals surface area (Å²) in [6, 6.07) is 9.80. The Hall–Kier alpha value is -2.07. The van der Waals surface area contributed by atoms with Crippen LogP contribution in [-0.2, 0) is 0 Å². The third kappa shape index (κ3) is 1.31. The van der Waals surface area contributed by atoms with Crippen LogP contribution < -0.4 is 5.73 Å². The lowest BCUT2D eigenvalue weighted by atomic mass is 10.0. The molecular formula is C12H10N4. The van der Waals surface area contributed by atoms with Crippen LogP contribution in [0.3, 0.4) is 0 Å². The molecule has 1 aliphatic rings. The van der Waals surface area contributed by atoms with Crippen LogP contribution in [0.25, 0.3) is 11.6 Å². The van der Waals surface area contributed by atoms with Crippen molar-refractivity contribution in [2.75, 3.05) is 0 Å². The molecule has 0 spiro atoms. The van der Waals surface area contributed by atoms with Gasteiger partial charge in [0.1, 0.15) is 0 Å². The zero-order valence-corrected chi connectivity index (χ0v) is 8.54. The van der Waals surface area contributed by atoms with Crippen LogP contribution in [0.5, 0.6) is 0 Å². The molecule has 1 aromatic heterocycles. The molecule has 1 aromatic carbocycles. The second-order valence-electron chi connectivity index (χ2n) is 3.71. The first-order valence-electron chi connectivity index (χ1n) is 5.07. The molecule has 0 amide bonds. The van der Waals surface area contributed by atoms with Gasteiger partial charge in [-0.1, -0.05) is 24.3 Å². The number of hydrogen-bond acceptors (Lipinski definition) is 4. The van der Waals surface area contributed by atoms with Crippen molar-refractivity contribution in [1.29, 1.82) is 0 Å². The van der Waals surface area contributed by atoms with Crippen LogP contribution in [0.2, 0.25) is 0 Å². The molecule has 4 nitrogen and oxygen atoms in total. The van der Waals surface area contributed by atoms with Gasteiger partial charge in [-0.25, -0.2) is 0 Å². The highest BCUT2D eigenvalue weighted by molar-refractivity contribution is 5.89. The van der Waals surface area contributed by atoms with E-state index in [1.54, 1.807) is 6.20 Å². The summed E-state index contributed by atoms with van der Waals surface area (Å²) in [6.45, 7) is 0. The molecule has 0 fully saturated rings. The smallest absolute Gasteiger partial charge is 0.0942 e. The Balaban J connectivity index is 2.09. The Morgan fingerprint density at radius 3 is 2.75 bits per heavy atom. The van der Waals surface area contributed by atoms with Crippen molar-refractivity contribution in [2.45, 2.75) is 6.04 Å². The topological polar surface area (TPSA) is 64.7 Å². The van der Waals surface area contributed by atoms with E-state index in [0.29, 0.717) is 0 Å². The Morgan fingerprint density at radius 1 is 1.12 bits per heavy atom. The van der Waals surface area contributed by atoms with Crippen molar-refractivity contribution in [3.8, 4) is 0 Å². The maximum absolute atomic E-state index is 6.17. The van der Waals surface area contributed by atoms with E-state index < -0.39 is 0 Å². The lowest BCUT2D eigenvalue weighted by Crippen LogP contribution is -2.10. The number of nitrogens with zero attached hydrogens (tertiary/aromatic N) is 3. The Morgan fingerprint density at radius 2 is 2.00 bits per heavy atom. The molecule has 0 bridgehead atoms. The van der Waals surface area contributed by atoms with E-state index in [1.807, 2.05) is 24.3 Å². The fourth-order valence-corrected chi connectivity index (χ4v) is 1.98. The predicted octanol–water partition coefficient (Wildman–Crippen LogP) is 1.43. The standard InChI is InChI=1S/C12H10N4/c13-12-9-4-2-1-3-8(9)7-10(12)11-5-6-14-16-15-11/h1-7,12H,13H2. The van der Waals surface area contributed by atoms with Gasteiger partial charge in [0, 0.05) is 5.57 Å². The second kappa shape index (κ2) is 3.50. The summed E-state index contributed by atoms with van der Waals surface area (Å²) in [7, 11) is 0. The van der Waals surface area contributed by atoms with Gasteiger partial charge in [0.05, 0.1) is 17.9 Å². The van der Waals surface area contributed by atoms with Crippen LogP contribution in [-0.4, -0.2) is 15.4 Å². The van der Waals surface area contributed by atoms with Gasteiger partial charge in [-0.15, -0.1) is 10.2 Å². The maximum Gasteiger partial charge on any atom is 0.0942 e. The highest BCUT2D eigenvalue weighted by atomic mass is 15.3. The number of benzene rings is 1. The minimum absolute atomic E-state index is 0.118. The van der Waals surface area contributed by atoms with Crippen LogP contribution in [0.4, 0.5) is 0 Å². The summed E-state index contributed by atoms with van der Waals surface area (Å²) in [4.78, 5) is 0. The first kappa shape index (κ1) is 9.18. The molecular weight excluding hydrogens is 200 g/mol. The maximum atomic E-state index is 6.17. The molecule has 2 N–H and O–H groups in total. The number of rotatable bonds is 1. The van der Waals surface area contributed by atoms with Gasteiger partial charge in [-0.2, -0.15) is 0 Å². The monoisotopic (exact) mass is 210 g/mol. The largest absolute Gasteiger partial charge is 0.320 e. The van der Waals surface area contributed by atoms with Crippen molar-refractivity contribution >= 4 is 11.6 Å². The van der Waals surface area contributed by atoms with Gasteiger partial charge in [-0.3, -0.25) is 0 Å². The average Bonchev–Trinajstić information content (AvgIpc) is 2.69. The van der Waals surface area contributed by atoms with E-state index in [2.05, 4.69) is 27.6 Å². The van der Waals surface area contributed by atoms with Gasteiger partial charge in [-0.05, 0) is 28.5 Å². The summed E-state index contributed by atoms with van der Waals surface area (Å²) in [5.41, 5.74) is 10.2. The van der Waals surface area contributed by atoms with Gasteiger partial charge in [0.25, 0.3) is 0 Å². The van der Waals surface area contributed by atoms with E-state index in [-0.39, 0.29) is 6.04 Å². The molecule has 3 rings (SSSR count). The second-order valence-corrected chi connectivity index (χ2v) is 3.71. The van der Waals surface area contributed by atoms with E-state index >= 15 is 0 Å². The van der Waals surface area contributed by atoms with Crippen LogP contribution in [0, 0.1) is 0 Å². The summed E-state index contributed by atoms with van der Waals surface area (Å²) in [6.07, 6.45) is 3.68. The quantitative estimate of drug-likeness (QED) is 0.773. The van der Waals surface area contributed by atoms with Crippen LogP contribution >= 0.6 is 0 Å². The number of hydrogen-bond donors (Lipinski definition) is 1. The minimum atomic E-state index is -0.118. The third-order valence-corrected chi connectivity index (χ3v) is 2.78. The fraction of sp³-hybridized carbons (Fsp3) is 0.0833. The van der Waals surface area contributed by atoms with Crippen LogP contribution in [0.15, 0.2) is 36.5 Å². The van der Waals surface area contributed by atoms with E-state index in [0.717, 1.165) is 22.4 Å². The zero-order valence-electron chi connectivity index (χ0n) is 8.54. The number of nitrogens with two attached hydrogens (primary N) is 1. The molecule has 1 aliphatic carbocycles. The molecule has 1 heterocycles. The first-order valence-corrected chi connectivity index (χ1v) is 5.07.